The first-order valence-corrected chi connectivity index (χ1v) is 16.3. The van der Waals surface area contributed by atoms with E-state index in [1.165, 1.54) is 0 Å². The van der Waals surface area contributed by atoms with Gasteiger partial charge in [-0.3, -0.25) is 4.79 Å². The van der Waals surface area contributed by atoms with E-state index in [9.17, 15) is 19.7 Å². The lowest BCUT2D eigenvalue weighted by Crippen LogP contribution is -2.63. The number of aliphatic hydroxyl groups excluding tert-OH is 1. The van der Waals surface area contributed by atoms with E-state index in [1.807, 2.05) is 19.1 Å². The number of Topliss-reactive ketones (excluding diaryl/α,β-unsaturated/α-hetero) is 1. The van der Waals surface area contributed by atoms with Crippen molar-refractivity contribution in [2.24, 2.45) is 34.0 Å². The third kappa shape index (κ3) is 4.90. The van der Waals surface area contributed by atoms with Gasteiger partial charge in [-0.1, -0.05) is 33.8 Å². The second-order valence-electron chi connectivity index (χ2n) is 14.6. The van der Waals surface area contributed by atoms with Gasteiger partial charge >= 0.3 is 13.1 Å². The predicted molar refractivity (Wildman–Crippen MR) is 164 cm³/mol. The van der Waals surface area contributed by atoms with Gasteiger partial charge < -0.3 is 29.6 Å². The van der Waals surface area contributed by atoms with Crippen LogP contribution in [0.2, 0.25) is 0 Å². The summed E-state index contributed by atoms with van der Waals surface area (Å²) in [5, 5.41) is 25.6. The quantitative estimate of drug-likeness (QED) is 0.260. The largest absolute Gasteiger partial charge is 0.491 e. The summed E-state index contributed by atoms with van der Waals surface area (Å²) < 4.78 is 18.0. The minimum absolute atomic E-state index is 0.0768. The highest BCUT2D eigenvalue weighted by molar-refractivity contribution is 6.61. The van der Waals surface area contributed by atoms with Crippen LogP contribution in [0.5, 0.6) is 5.75 Å². The average Bonchev–Trinajstić information content (AvgIpc) is 3.56. The molecule has 8 atom stereocenters. The van der Waals surface area contributed by atoms with Crippen molar-refractivity contribution < 1.29 is 33.8 Å². The van der Waals surface area contributed by atoms with Crippen molar-refractivity contribution in [3.8, 4) is 5.75 Å². The molecule has 9 heteroatoms. The van der Waals surface area contributed by atoms with Crippen molar-refractivity contribution in [3.63, 3.8) is 0 Å². The van der Waals surface area contributed by atoms with Crippen molar-refractivity contribution in [3.05, 3.63) is 35.9 Å². The van der Waals surface area contributed by atoms with Gasteiger partial charge in [-0.25, -0.2) is 4.79 Å². The second-order valence-corrected chi connectivity index (χ2v) is 14.6. The number of carbonyl (C=O) groups excluding carboxylic acids is 2. The summed E-state index contributed by atoms with van der Waals surface area (Å²) in [5.74, 6) is 0.380. The molecule has 2 bridgehead atoms. The third-order valence-corrected chi connectivity index (χ3v) is 12.7. The lowest BCUT2D eigenvalue weighted by Gasteiger charge is -2.61. The summed E-state index contributed by atoms with van der Waals surface area (Å²) in [5.41, 5.74) is 1.25. The van der Waals surface area contributed by atoms with Gasteiger partial charge in [0.15, 0.2) is 6.61 Å². The molecule has 4 fully saturated rings. The lowest BCUT2D eigenvalue weighted by atomic mass is 9.44. The van der Waals surface area contributed by atoms with Crippen molar-refractivity contribution in [1.29, 1.82) is 0 Å². The van der Waals surface area contributed by atoms with Gasteiger partial charge in [-0.2, -0.15) is 0 Å². The number of aliphatic hydroxyl groups is 1. The number of hydrogen-bond donors (Lipinski definition) is 3. The van der Waals surface area contributed by atoms with Crippen LogP contribution in [0.1, 0.15) is 89.7 Å². The van der Waals surface area contributed by atoms with Gasteiger partial charge in [0, 0.05) is 23.2 Å². The Kier molecular flexibility index (Phi) is 8.10. The molecule has 0 aromatic heterocycles. The number of rotatable bonds is 6. The summed E-state index contributed by atoms with van der Waals surface area (Å²) in [6, 6.07) is 3.76. The SMILES string of the molecule is C=C[C@]1(C)C[C@@H](OC(=O)COc2cc3c(c(C4CCNCC4)c2)COB3O)[C@@]2(C)[C@@H]3C(=O)CC[C@@]3(CC[C@@H]2C)[C@@H](C)[C@@H]1O. The first kappa shape index (κ1) is 30.8. The standard InChI is InChI=1S/C34H48BNO7/c1-6-32(4)17-28(33(5)20(2)7-11-34(21(3)31(32)39)12-8-27(37)30(33)34)43-29(38)19-41-23-15-24(22-9-13-36-14-10-22)25-18-42-35(40)26(25)16-23/h6,15-16,20-22,28,30-31,36,39-40H,1,7-14,17-19H2,2-5H3/t20-,21-,28+,30-,31-,32+,33-,34-/m0/s1. The number of fused-ring (bicyclic) bond motifs is 1. The molecule has 0 spiro atoms. The first-order chi connectivity index (χ1) is 20.4. The van der Waals surface area contributed by atoms with Crippen LogP contribution in [0, 0.1) is 34.0 Å². The maximum absolute atomic E-state index is 13.6. The molecule has 43 heavy (non-hydrogen) atoms. The van der Waals surface area contributed by atoms with Crippen molar-refractivity contribution in [2.75, 3.05) is 19.7 Å². The van der Waals surface area contributed by atoms with Crippen molar-refractivity contribution in [1.82, 2.24) is 5.32 Å². The Morgan fingerprint density at radius 2 is 1.95 bits per heavy atom. The highest BCUT2D eigenvalue weighted by atomic mass is 16.6. The Bertz CT molecular complexity index is 1280. The highest BCUT2D eigenvalue weighted by Crippen LogP contribution is 2.68. The summed E-state index contributed by atoms with van der Waals surface area (Å²) in [7, 11) is -1.01. The lowest BCUT2D eigenvalue weighted by molar-refractivity contribution is -0.207. The maximum Gasteiger partial charge on any atom is 0.491 e. The molecule has 1 aromatic carbocycles. The van der Waals surface area contributed by atoms with E-state index in [1.54, 1.807) is 6.07 Å². The summed E-state index contributed by atoms with van der Waals surface area (Å²) in [6.45, 7) is 14.4. The number of ether oxygens (including phenoxy) is 2. The predicted octanol–water partition coefficient (Wildman–Crippen LogP) is 3.66. The molecule has 3 saturated carbocycles. The third-order valence-electron chi connectivity index (χ3n) is 12.7. The Morgan fingerprint density at radius 3 is 2.67 bits per heavy atom. The van der Waals surface area contributed by atoms with Crippen LogP contribution in [0.4, 0.5) is 0 Å². The van der Waals surface area contributed by atoms with E-state index < -0.39 is 36.1 Å². The molecule has 0 radical (unpaired) electrons. The van der Waals surface area contributed by atoms with Gasteiger partial charge in [0.25, 0.3) is 0 Å². The molecule has 2 aliphatic heterocycles. The number of hydrogen-bond acceptors (Lipinski definition) is 8. The van der Waals surface area contributed by atoms with Gasteiger partial charge in [0.05, 0.1) is 12.7 Å². The molecule has 3 N–H and O–H groups in total. The van der Waals surface area contributed by atoms with Gasteiger partial charge in [0.1, 0.15) is 17.6 Å². The number of esters is 1. The maximum atomic E-state index is 13.6. The minimum Gasteiger partial charge on any atom is -0.482 e. The minimum atomic E-state index is -1.01. The molecule has 0 unspecified atom stereocenters. The van der Waals surface area contributed by atoms with Gasteiger partial charge in [0.2, 0.25) is 0 Å². The van der Waals surface area contributed by atoms with E-state index in [0.29, 0.717) is 36.6 Å². The Hall–Kier alpha value is -2.20. The fourth-order valence-electron chi connectivity index (χ4n) is 9.75. The Morgan fingerprint density at radius 1 is 1.21 bits per heavy atom. The number of benzene rings is 1. The van der Waals surface area contributed by atoms with Gasteiger partial charge in [-0.15, -0.1) is 6.58 Å². The number of ketones is 1. The fourth-order valence-corrected chi connectivity index (χ4v) is 9.75. The first-order valence-electron chi connectivity index (χ1n) is 16.3. The molecular weight excluding hydrogens is 545 g/mol. The Labute approximate surface area is 256 Å². The van der Waals surface area contributed by atoms with Crippen LogP contribution in [0.15, 0.2) is 24.8 Å². The zero-order chi connectivity index (χ0) is 30.7. The summed E-state index contributed by atoms with van der Waals surface area (Å²) in [6.07, 6.45) is 5.96. The van der Waals surface area contributed by atoms with Crippen LogP contribution >= 0.6 is 0 Å². The Balaban J connectivity index is 1.27. The van der Waals surface area contributed by atoms with Crippen molar-refractivity contribution >= 4 is 24.3 Å². The van der Waals surface area contributed by atoms with Crippen LogP contribution in [0.25, 0.3) is 0 Å². The van der Waals surface area contributed by atoms with Crippen LogP contribution in [-0.4, -0.2) is 60.9 Å². The van der Waals surface area contributed by atoms with E-state index >= 15 is 0 Å². The number of piperidine rings is 1. The number of carbonyl (C=O) groups is 2. The molecule has 1 saturated heterocycles. The molecule has 8 nitrogen and oxygen atoms in total. The molecule has 3 aliphatic carbocycles. The van der Waals surface area contributed by atoms with E-state index in [4.69, 9.17) is 14.1 Å². The average molecular weight is 594 g/mol. The molecule has 0 amide bonds. The smallest absolute Gasteiger partial charge is 0.482 e. The van der Waals surface area contributed by atoms with Crippen LogP contribution in [-0.2, 0) is 25.6 Å². The normalized spacial score (nSPS) is 39.4. The number of nitrogens with one attached hydrogen (secondary N) is 1. The van der Waals surface area contributed by atoms with E-state index in [0.717, 1.165) is 56.3 Å². The topological polar surface area (TPSA) is 114 Å². The van der Waals surface area contributed by atoms with Crippen molar-refractivity contribution in [2.45, 2.75) is 97.4 Å². The second kappa shape index (κ2) is 11.3. The fraction of sp³-hybridized carbons (Fsp3) is 0.706. The molecule has 1 aromatic rings. The highest BCUT2D eigenvalue weighted by Gasteiger charge is 2.68. The molecule has 5 aliphatic rings. The van der Waals surface area contributed by atoms with E-state index in [-0.39, 0.29) is 35.6 Å². The monoisotopic (exact) mass is 593 g/mol. The molecule has 234 valence electrons. The van der Waals surface area contributed by atoms with Gasteiger partial charge in [-0.05, 0) is 104 Å². The zero-order valence-corrected chi connectivity index (χ0v) is 26.2. The van der Waals surface area contributed by atoms with E-state index in [2.05, 4.69) is 32.7 Å². The van der Waals surface area contributed by atoms with Crippen LogP contribution < -0.4 is 15.5 Å². The summed E-state index contributed by atoms with van der Waals surface area (Å²) in [4.78, 5) is 27.2. The molecular formula is C34H48BNO7. The zero-order valence-electron chi connectivity index (χ0n) is 26.2. The molecule has 6 rings (SSSR count). The summed E-state index contributed by atoms with van der Waals surface area (Å²) >= 11 is 0. The van der Waals surface area contributed by atoms with Crippen LogP contribution in [0.3, 0.4) is 0 Å². The molecule has 2 heterocycles.